The van der Waals surface area contributed by atoms with Gasteiger partial charge in [0, 0.05) is 12.6 Å². The number of nitrogens with one attached hydrogen (secondary N) is 1. The van der Waals surface area contributed by atoms with Crippen LogP contribution in [-0.4, -0.2) is 22.3 Å². The van der Waals surface area contributed by atoms with E-state index in [2.05, 4.69) is 16.5 Å². The Labute approximate surface area is 148 Å². The highest BCUT2D eigenvalue weighted by Crippen LogP contribution is 2.28. The van der Waals surface area contributed by atoms with Crippen molar-refractivity contribution in [2.75, 3.05) is 6.61 Å². The van der Waals surface area contributed by atoms with E-state index in [4.69, 9.17) is 4.74 Å². The Morgan fingerprint density at radius 3 is 2.96 bits per heavy atom. The molecule has 4 rings (SSSR count). The largest absolute Gasteiger partial charge is 0.493 e. The summed E-state index contributed by atoms with van der Waals surface area (Å²) < 4.78 is 7.43. The Morgan fingerprint density at radius 1 is 1.24 bits per heavy atom. The van der Waals surface area contributed by atoms with Crippen LogP contribution in [0.1, 0.15) is 65.1 Å². The summed E-state index contributed by atoms with van der Waals surface area (Å²) in [6.45, 7) is 2.83. The normalized spacial score (nSPS) is 17.2. The molecule has 2 aromatic rings. The van der Waals surface area contributed by atoms with Crippen LogP contribution in [0.4, 0.5) is 0 Å². The molecule has 1 aromatic heterocycles. The molecule has 0 spiro atoms. The van der Waals surface area contributed by atoms with E-state index in [0.29, 0.717) is 0 Å². The Balaban J connectivity index is 1.54. The number of hydrogen-bond donors (Lipinski definition) is 1. The number of aromatic nitrogens is 2. The number of hydrogen-bond acceptors (Lipinski definition) is 3. The zero-order valence-electron chi connectivity index (χ0n) is 15.0. The second-order valence-electron chi connectivity index (χ2n) is 7.12. The maximum absolute atomic E-state index is 12.9. The van der Waals surface area contributed by atoms with Crippen LogP contribution in [0.2, 0.25) is 0 Å². The molecule has 0 bridgehead atoms. The van der Waals surface area contributed by atoms with Gasteiger partial charge in [-0.05, 0) is 62.6 Å². The molecule has 1 amide bonds. The smallest absolute Gasteiger partial charge is 0.270 e. The van der Waals surface area contributed by atoms with Gasteiger partial charge in [-0.1, -0.05) is 12.1 Å². The molecule has 1 unspecified atom stereocenters. The van der Waals surface area contributed by atoms with Crippen LogP contribution in [0.15, 0.2) is 18.2 Å². The lowest BCUT2D eigenvalue weighted by Gasteiger charge is -2.21. The van der Waals surface area contributed by atoms with Crippen molar-refractivity contribution in [1.29, 1.82) is 0 Å². The van der Waals surface area contributed by atoms with Gasteiger partial charge in [0.1, 0.15) is 11.4 Å². The fourth-order valence-corrected chi connectivity index (χ4v) is 3.96. The lowest BCUT2D eigenvalue weighted by atomic mass is 9.95. The molecule has 5 heteroatoms. The van der Waals surface area contributed by atoms with E-state index in [0.717, 1.165) is 67.0 Å². The van der Waals surface area contributed by atoms with Gasteiger partial charge in [0.2, 0.25) is 0 Å². The molecule has 5 nitrogen and oxygen atoms in total. The Kier molecular flexibility index (Phi) is 4.24. The second kappa shape index (κ2) is 6.54. The summed E-state index contributed by atoms with van der Waals surface area (Å²) in [5, 5.41) is 7.70. The zero-order chi connectivity index (χ0) is 17.4. The molecule has 0 fully saturated rings. The quantitative estimate of drug-likeness (QED) is 0.935. The molecular formula is C20H25N3O2. The van der Waals surface area contributed by atoms with Crippen molar-refractivity contribution in [3.63, 3.8) is 0 Å². The number of carbonyl (C=O) groups excluding carboxylic acids is 1. The Morgan fingerprint density at radius 2 is 2.08 bits per heavy atom. The van der Waals surface area contributed by atoms with Crippen molar-refractivity contribution in [3.05, 3.63) is 46.3 Å². The molecule has 1 aliphatic carbocycles. The summed E-state index contributed by atoms with van der Waals surface area (Å²) in [4.78, 5) is 12.9. The predicted molar refractivity (Wildman–Crippen MR) is 96.0 cm³/mol. The van der Waals surface area contributed by atoms with Gasteiger partial charge in [-0.3, -0.25) is 9.48 Å². The molecule has 0 radical (unpaired) electrons. The van der Waals surface area contributed by atoms with Crippen LogP contribution in [0.25, 0.3) is 0 Å². The summed E-state index contributed by atoms with van der Waals surface area (Å²) in [5.41, 5.74) is 5.31. The maximum Gasteiger partial charge on any atom is 0.270 e. The molecular weight excluding hydrogens is 314 g/mol. The van der Waals surface area contributed by atoms with Gasteiger partial charge < -0.3 is 10.1 Å². The summed E-state index contributed by atoms with van der Waals surface area (Å²) in [7, 11) is 1.87. The minimum atomic E-state index is -0.0473. The monoisotopic (exact) mass is 339 g/mol. The third kappa shape index (κ3) is 3.03. The van der Waals surface area contributed by atoms with Crippen LogP contribution in [0.3, 0.4) is 0 Å². The van der Waals surface area contributed by atoms with Crippen LogP contribution < -0.4 is 10.1 Å². The van der Waals surface area contributed by atoms with E-state index >= 15 is 0 Å². The highest BCUT2D eigenvalue weighted by atomic mass is 16.5. The van der Waals surface area contributed by atoms with Crippen molar-refractivity contribution in [1.82, 2.24) is 15.1 Å². The minimum absolute atomic E-state index is 0.0281. The van der Waals surface area contributed by atoms with Crippen molar-refractivity contribution < 1.29 is 9.53 Å². The van der Waals surface area contributed by atoms with Crippen molar-refractivity contribution in [2.24, 2.45) is 7.05 Å². The van der Waals surface area contributed by atoms with Gasteiger partial charge in [-0.15, -0.1) is 0 Å². The first-order valence-electron chi connectivity index (χ1n) is 9.24. The average molecular weight is 339 g/mol. The SMILES string of the molecule is CC(NC(=O)c1c2c(nn1C)CCCC2)c1ccc2c(c1)CCCO2. The van der Waals surface area contributed by atoms with Crippen molar-refractivity contribution in [3.8, 4) is 5.75 Å². The van der Waals surface area contributed by atoms with Crippen molar-refractivity contribution >= 4 is 5.91 Å². The van der Waals surface area contributed by atoms with Gasteiger partial charge in [-0.25, -0.2) is 0 Å². The summed E-state index contributed by atoms with van der Waals surface area (Å²) in [5.74, 6) is 0.953. The minimum Gasteiger partial charge on any atom is -0.493 e. The highest BCUT2D eigenvalue weighted by molar-refractivity contribution is 5.94. The first-order chi connectivity index (χ1) is 12.1. The van der Waals surface area contributed by atoms with Gasteiger partial charge in [-0.2, -0.15) is 5.10 Å². The van der Waals surface area contributed by atoms with Crippen LogP contribution >= 0.6 is 0 Å². The number of rotatable bonds is 3. The standard InChI is InChI=1S/C20H25N3O2/c1-13(14-9-10-18-15(12-14)6-5-11-25-18)21-20(24)19-16-7-3-4-8-17(16)22-23(19)2/h9-10,12-13H,3-8,11H2,1-2H3,(H,21,24). The number of ether oxygens (including phenoxy) is 1. The fraction of sp³-hybridized carbons (Fsp3) is 0.500. The number of benzene rings is 1. The molecule has 1 atom stereocenters. The molecule has 1 aliphatic heterocycles. The zero-order valence-corrected chi connectivity index (χ0v) is 15.0. The van der Waals surface area contributed by atoms with E-state index < -0.39 is 0 Å². The van der Waals surface area contributed by atoms with E-state index in [1.165, 1.54) is 12.0 Å². The predicted octanol–water partition coefficient (Wildman–Crippen LogP) is 3.11. The van der Waals surface area contributed by atoms with Gasteiger partial charge in [0.05, 0.1) is 18.3 Å². The number of nitrogens with zero attached hydrogens (tertiary/aromatic N) is 2. The first-order valence-corrected chi connectivity index (χ1v) is 9.24. The third-order valence-corrected chi connectivity index (χ3v) is 5.31. The Hall–Kier alpha value is -2.30. The van der Waals surface area contributed by atoms with E-state index in [1.54, 1.807) is 4.68 Å². The number of amides is 1. The summed E-state index contributed by atoms with van der Waals surface area (Å²) in [6, 6.07) is 6.19. The van der Waals surface area contributed by atoms with Crippen molar-refractivity contribution in [2.45, 2.75) is 51.5 Å². The van der Waals surface area contributed by atoms with Gasteiger partial charge in [0.15, 0.2) is 0 Å². The molecule has 2 aliphatic rings. The van der Waals surface area contributed by atoms with E-state index in [1.807, 2.05) is 26.1 Å². The molecule has 25 heavy (non-hydrogen) atoms. The number of fused-ring (bicyclic) bond motifs is 2. The van der Waals surface area contributed by atoms with Crippen LogP contribution in [-0.2, 0) is 26.3 Å². The van der Waals surface area contributed by atoms with E-state index in [9.17, 15) is 4.79 Å². The number of aryl methyl sites for hydroxylation is 3. The second-order valence-corrected chi connectivity index (χ2v) is 7.12. The summed E-state index contributed by atoms with van der Waals surface area (Å²) >= 11 is 0. The first kappa shape index (κ1) is 16.2. The molecule has 132 valence electrons. The number of carbonyl (C=O) groups is 1. The lowest BCUT2D eigenvalue weighted by Crippen LogP contribution is -2.29. The van der Waals surface area contributed by atoms with Crippen LogP contribution in [0, 0.1) is 0 Å². The fourth-order valence-electron chi connectivity index (χ4n) is 3.96. The van der Waals surface area contributed by atoms with Gasteiger partial charge in [0.25, 0.3) is 5.91 Å². The topological polar surface area (TPSA) is 56.2 Å². The third-order valence-electron chi connectivity index (χ3n) is 5.31. The highest BCUT2D eigenvalue weighted by Gasteiger charge is 2.25. The van der Waals surface area contributed by atoms with Gasteiger partial charge >= 0.3 is 0 Å². The Bertz CT molecular complexity index is 810. The molecule has 0 saturated carbocycles. The average Bonchev–Trinajstić information content (AvgIpc) is 2.97. The molecule has 1 aromatic carbocycles. The lowest BCUT2D eigenvalue weighted by molar-refractivity contribution is 0.0929. The maximum atomic E-state index is 12.9. The molecule has 0 saturated heterocycles. The van der Waals surface area contributed by atoms with Crippen LogP contribution in [0.5, 0.6) is 5.75 Å². The summed E-state index contributed by atoms with van der Waals surface area (Å²) in [6.07, 6.45) is 6.34. The van der Waals surface area contributed by atoms with E-state index in [-0.39, 0.29) is 11.9 Å². The molecule has 2 heterocycles. The molecule has 1 N–H and O–H groups in total.